The third kappa shape index (κ3) is 4.62. The highest BCUT2D eigenvalue weighted by atomic mass is 16.5. The van der Waals surface area contributed by atoms with Crippen molar-refractivity contribution < 1.29 is 4.74 Å². The molecule has 0 aromatic carbocycles. The van der Waals surface area contributed by atoms with Crippen LogP contribution in [0.2, 0.25) is 0 Å². The maximum absolute atomic E-state index is 5.15. The number of hydrogen-bond acceptors (Lipinski definition) is 3. The average Bonchev–Trinajstić information content (AvgIpc) is 2.87. The summed E-state index contributed by atoms with van der Waals surface area (Å²) in [5, 5.41) is 4.35. The van der Waals surface area contributed by atoms with Gasteiger partial charge in [-0.2, -0.15) is 5.10 Å². The quantitative estimate of drug-likeness (QED) is 0.710. The van der Waals surface area contributed by atoms with E-state index >= 15 is 0 Å². The summed E-state index contributed by atoms with van der Waals surface area (Å²) < 4.78 is 7.16. The van der Waals surface area contributed by atoms with Gasteiger partial charge in [-0.3, -0.25) is 9.58 Å². The summed E-state index contributed by atoms with van der Waals surface area (Å²) in [7, 11) is 1.79. The lowest BCUT2D eigenvalue weighted by molar-refractivity contribution is 0.142. The first kappa shape index (κ1) is 14.5. The lowest BCUT2D eigenvalue weighted by Crippen LogP contribution is -2.34. The minimum Gasteiger partial charge on any atom is -0.385 e. The van der Waals surface area contributed by atoms with Crippen molar-refractivity contribution in [2.45, 2.75) is 45.7 Å². The van der Waals surface area contributed by atoms with E-state index in [1.807, 2.05) is 10.9 Å². The second kappa shape index (κ2) is 7.65. The number of rotatable bonds is 7. The van der Waals surface area contributed by atoms with Crippen LogP contribution >= 0.6 is 0 Å². The molecule has 19 heavy (non-hydrogen) atoms. The fraction of sp³-hybridized carbons (Fsp3) is 0.800. The molecular weight excluding hydrogens is 238 g/mol. The number of methoxy groups -OCH3 is 1. The van der Waals surface area contributed by atoms with Crippen LogP contribution in [0.5, 0.6) is 0 Å². The SMILES string of the molecule is CCn1cc(CN2CCCC(CCCOC)C2)cn1. The van der Waals surface area contributed by atoms with Crippen LogP contribution in [0.4, 0.5) is 0 Å². The van der Waals surface area contributed by atoms with Crippen molar-refractivity contribution in [1.82, 2.24) is 14.7 Å². The lowest BCUT2D eigenvalue weighted by Gasteiger charge is -2.32. The van der Waals surface area contributed by atoms with Gasteiger partial charge in [-0.05, 0) is 45.1 Å². The first-order valence-corrected chi connectivity index (χ1v) is 7.54. The number of aromatic nitrogens is 2. The minimum absolute atomic E-state index is 0.852. The fourth-order valence-electron chi connectivity index (χ4n) is 2.97. The molecule has 1 aliphatic heterocycles. The topological polar surface area (TPSA) is 30.3 Å². The maximum Gasteiger partial charge on any atom is 0.0534 e. The van der Waals surface area contributed by atoms with Crippen molar-refractivity contribution in [3.63, 3.8) is 0 Å². The van der Waals surface area contributed by atoms with Crippen molar-refractivity contribution in [1.29, 1.82) is 0 Å². The monoisotopic (exact) mass is 265 g/mol. The third-order valence-electron chi connectivity index (χ3n) is 3.98. The van der Waals surface area contributed by atoms with Crippen molar-refractivity contribution in [3.05, 3.63) is 18.0 Å². The molecule has 1 fully saturated rings. The normalized spacial score (nSPS) is 20.8. The van der Waals surface area contributed by atoms with Crippen LogP contribution in [0.25, 0.3) is 0 Å². The van der Waals surface area contributed by atoms with E-state index in [-0.39, 0.29) is 0 Å². The van der Waals surface area contributed by atoms with Crippen molar-refractivity contribution >= 4 is 0 Å². The predicted molar refractivity (Wildman–Crippen MR) is 77.0 cm³/mol. The Morgan fingerprint density at radius 2 is 2.37 bits per heavy atom. The Hall–Kier alpha value is -0.870. The second-order valence-corrected chi connectivity index (χ2v) is 5.58. The van der Waals surface area contributed by atoms with E-state index in [1.54, 1.807) is 7.11 Å². The molecule has 4 nitrogen and oxygen atoms in total. The Morgan fingerprint density at radius 1 is 1.47 bits per heavy atom. The van der Waals surface area contributed by atoms with Gasteiger partial charge in [-0.25, -0.2) is 0 Å². The average molecular weight is 265 g/mol. The van der Waals surface area contributed by atoms with Crippen molar-refractivity contribution in [2.24, 2.45) is 5.92 Å². The van der Waals surface area contributed by atoms with Crippen LogP contribution in [-0.4, -0.2) is 41.5 Å². The van der Waals surface area contributed by atoms with E-state index < -0.39 is 0 Å². The first-order valence-electron chi connectivity index (χ1n) is 7.54. The van der Waals surface area contributed by atoms with Gasteiger partial charge in [0.25, 0.3) is 0 Å². The van der Waals surface area contributed by atoms with Crippen LogP contribution in [0.3, 0.4) is 0 Å². The number of aryl methyl sites for hydroxylation is 1. The molecule has 0 aliphatic carbocycles. The molecule has 0 N–H and O–H groups in total. The zero-order chi connectivity index (χ0) is 13.5. The van der Waals surface area contributed by atoms with Gasteiger partial charge in [-0.15, -0.1) is 0 Å². The van der Waals surface area contributed by atoms with Crippen molar-refractivity contribution in [2.75, 3.05) is 26.8 Å². The van der Waals surface area contributed by atoms with Crippen molar-refractivity contribution in [3.8, 4) is 0 Å². The molecule has 0 saturated carbocycles. The zero-order valence-corrected chi connectivity index (χ0v) is 12.3. The number of likely N-dealkylation sites (tertiary alicyclic amines) is 1. The standard InChI is InChI=1S/C15H27N3O/c1-3-18-13-15(10-16-18)12-17-8-4-6-14(11-17)7-5-9-19-2/h10,13-14H,3-9,11-12H2,1-2H3. The third-order valence-corrected chi connectivity index (χ3v) is 3.98. The summed E-state index contributed by atoms with van der Waals surface area (Å²) in [6.07, 6.45) is 9.40. The Morgan fingerprint density at radius 3 is 3.11 bits per heavy atom. The molecule has 4 heteroatoms. The number of nitrogens with zero attached hydrogens (tertiary/aromatic N) is 3. The largest absolute Gasteiger partial charge is 0.385 e. The summed E-state index contributed by atoms with van der Waals surface area (Å²) in [4.78, 5) is 2.58. The van der Waals surface area contributed by atoms with Crippen LogP contribution in [0.1, 0.15) is 38.2 Å². The Bertz CT molecular complexity index is 364. The fourth-order valence-corrected chi connectivity index (χ4v) is 2.97. The molecule has 1 unspecified atom stereocenters. The van der Waals surface area contributed by atoms with Gasteiger partial charge in [0.1, 0.15) is 0 Å². The molecule has 1 aromatic heterocycles. The van der Waals surface area contributed by atoms with E-state index in [2.05, 4.69) is 23.1 Å². The van der Waals surface area contributed by atoms with Crippen LogP contribution < -0.4 is 0 Å². The van der Waals surface area contributed by atoms with Gasteiger partial charge in [0.2, 0.25) is 0 Å². The zero-order valence-electron chi connectivity index (χ0n) is 12.3. The van der Waals surface area contributed by atoms with Crippen LogP contribution in [-0.2, 0) is 17.8 Å². The molecular formula is C15H27N3O. The number of hydrogen-bond donors (Lipinski definition) is 0. The predicted octanol–water partition coefficient (Wildman–Crippen LogP) is 2.54. The van der Waals surface area contributed by atoms with E-state index in [9.17, 15) is 0 Å². The lowest BCUT2D eigenvalue weighted by atomic mass is 9.93. The summed E-state index contributed by atoms with van der Waals surface area (Å²) >= 11 is 0. The van der Waals surface area contributed by atoms with E-state index in [0.29, 0.717) is 0 Å². The smallest absolute Gasteiger partial charge is 0.0534 e. The second-order valence-electron chi connectivity index (χ2n) is 5.58. The molecule has 0 spiro atoms. The molecule has 1 aliphatic rings. The Balaban J connectivity index is 1.77. The molecule has 0 radical (unpaired) electrons. The summed E-state index contributed by atoms with van der Waals surface area (Å²) in [6.45, 7) is 7.52. The highest BCUT2D eigenvalue weighted by Gasteiger charge is 2.19. The highest BCUT2D eigenvalue weighted by Crippen LogP contribution is 2.22. The highest BCUT2D eigenvalue weighted by molar-refractivity contribution is 5.03. The number of piperidine rings is 1. The molecule has 0 amide bonds. The molecule has 1 atom stereocenters. The first-order chi connectivity index (χ1) is 9.31. The van der Waals surface area contributed by atoms with E-state index in [0.717, 1.165) is 25.6 Å². The Labute approximate surface area is 116 Å². The Kier molecular flexibility index (Phi) is 5.86. The van der Waals surface area contributed by atoms with Gasteiger partial charge < -0.3 is 4.74 Å². The maximum atomic E-state index is 5.15. The molecule has 1 saturated heterocycles. The van der Waals surface area contributed by atoms with E-state index in [1.165, 1.54) is 44.3 Å². The minimum atomic E-state index is 0.852. The molecule has 2 heterocycles. The van der Waals surface area contributed by atoms with Crippen LogP contribution in [0, 0.1) is 5.92 Å². The van der Waals surface area contributed by atoms with Gasteiger partial charge in [0.15, 0.2) is 0 Å². The molecule has 0 bridgehead atoms. The summed E-state index contributed by atoms with van der Waals surface area (Å²) in [6, 6.07) is 0. The van der Waals surface area contributed by atoms with Crippen LogP contribution in [0.15, 0.2) is 12.4 Å². The van der Waals surface area contributed by atoms with Gasteiger partial charge >= 0.3 is 0 Å². The summed E-state index contributed by atoms with van der Waals surface area (Å²) in [5.41, 5.74) is 1.35. The van der Waals surface area contributed by atoms with Gasteiger partial charge in [0.05, 0.1) is 6.20 Å². The van der Waals surface area contributed by atoms with Gasteiger partial charge in [0, 0.05) is 45.1 Å². The van der Waals surface area contributed by atoms with E-state index in [4.69, 9.17) is 4.74 Å². The molecule has 2 rings (SSSR count). The number of ether oxygens (including phenoxy) is 1. The molecule has 1 aromatic rings. The van der Waals surface area contributed by atoms with Gasteiger partial charge in [-0.1, -0.05) is 0 Å². The molecule has 108 valence electrons. The summed E-state index contributed by atoms with van der Waals surface area (Å²) in [5.74, 6) is 0.852.